The number of nitrogens with zero attached hydrogens (tertiary/aromatic N) is 1. The maximum absolute atomic E-state index is 5.38. The first-order valence-electron chi connectivity index (χ1n) is 2.99. The van der Waals surface area contributed by atoms with Gasteiger partial charge in [0.15, 0.2) is 0 Å². The van der Waals surface area contributed by atoms with Gasteiger partial charge in [0.2, 0.25) is 0 Å². The largest absolute Gasteiger partial charge is 0.384 e. The minimum absolute atomic E-state index is 0.0185. The lowest BCUT2D eigenvalue weighted by Crippen LogP contribution is -2.29. The molecule has 1 rings (SSSR count). The highest BCUT2D eigenvalue weighted by Gasteiger charge is 2.18. The molecular formula is C5H11N3O. The van der Waals surface area contributed by atoms with Gasteiger partial charge in [-0.3, -0.25) is 0 Å². The summed E-state index contributed by atoms with van der Waals surface area (Å²) in [4.78, 5) is 0. The van der Waals surface area contributed by atoms with Gasteiger partial charge in [0.1, 0.15) is 11.9 Å². The zero-order valence-electron chi connectivity index (χ0n) is 5.21. The highest BCUT2D eigenvalue weighted by atomic mass is 16.5. The quantitative estimate of drug-likeness (QED) is 0.215. The SMILES string of the molecule is N/N=C(\N)C1CCCO1. The standard InChI is InChI=1S/C5H11N3O/c6-5(8-7)4-2-1-3-9-4/h4H,1-3,7H2,(H2,6,8). The maximum Gasteiger partial charge on any atom is 0.148 e. The molecule has 0 bridgehead atoms. The Labute approximate surface area is 53.9 Å². The summed E-state index contributed by atoms with van der Waals surface area (Å²) >= 11 is 0. The fraction of sp³-hybridized carbons (Fsp3) is 0.800. The van der Waals surface area contributed by atoms with Crippen molar-refractivity contribution in [3.8, 4) is 0 Å². The lowest BCUT2D eigenvalue weighted by atomic mass is 10.2. The van der Waals surface area contributed by atoms with Gasteiger partial charge in [-0.25, -0.2) is 0 Å². The molecule has 1 saturated heterocycles. The summed E-state index contributed by atoms with van der Waals surface area (Å²) in [7, 11) is 0. The Kier molecular flexibility index (Phi) is 1.89. The Morgan fingerprint density at radius 1 is 1.67 bits per heavy atom. The summed E-state index contributed by atoms with van der Waals surface area (Å²) in [6, 6.07) is 0. The molecule has 4 nitrogen and oxygen atoms in total. The Morgan fingerprint density at radius 2 is 2.44 bits per heavy atom. The number of amidine groups is 1. The first-order valence-corrected chi connectivity index (χ1v) is 2.99. The molecule has 4 N–H and O–H groups in total. The second kappa shape index (κ2) is 2.68. The van der Waals surface area contributed by atoms with Gasteiger partial charge in [0, 0.05) is 6.61 Å². The molecule has 1 atom stereocenters. The second-order valence-corrected chi connectivity index (χ2v) is 2.06. The molecule has 1 fully saturated rings. The smallest absolute Gasteiger partial charge is 0.148 e. The van der Waals surface area contributed by atoms with E-state index >= 15 is 0 Å². The third-order valence-electron chi connectivity index (χ3n) is 1.41. The van der Waals surface area contributed by atoms with Crippen LogP contribution in [-0.2, 0) is 4.74 Å². The monoisotopic (exact) mass is 129 g/mol. The molecule has 0 spiro atoms. The zero-order chi connectivity index (χ0) is 6.69. The van der Waals surface area contributed by atoms with Gasteiger partial charge in [-0.2, -0.15) is 5.10 Å². The summed E-state index contributed by atoms with van der Waals surface area (Å²) in [6.07, 6.45) is 1.99. The second-order valence-electron chi connectivity index (χ2n) is 2.06. The van der Waals surface area contributed by atoms with Crippen LogP contribution in [0.1, 0.15) is 12.8 Å². The van der Waals surface area contributed by atoms with Crippen molar-refractivity contribution in [2.24, 2.45) is 16.7 Å². The van der Waals surface area contributed by atoms with Crippen molar-refractivity contribution >= 4 is 5.84 Å². The van der Waals surface area contributed by atoms with Crippen LogP contribution in [0.3, 0.4) is 0 Å². The minimum Gasteiger partial charge on any atom is -0.384 e. The number of ether oxygens (including phenoxy) is 1. The molecule has 1 unspecified atom stereocenters. The third-order valence-corrected chi connectivity index (χ3v) is 1.41. The van der Waals surface area contributed by atoms with Crippen LogP contribution in [0, 0.1) is 0 Å². The van der Waals surface area contributed by atoms with Crippen LogP contribution in [0.5, 0.6) is 0 Å². The van der Waals surface area contributed by atoms with Gasteiger partial charge >= 0.3 is 0 Å². The normalized spacial score (nSPS) is 28.9. The van der Waals surface area contributed by atoms with E-state index in [1.807, 2.05) is 0 Å². The summed E-state index contributed by atoms with van der Waals surface area (Å²) in [6.45, 7) is 0.779. The summed E-state index contributed by atoms with van der Waals surface area (Å²) in [5.74, 6) is 5.34. The molecular weight excluding hydrogens is 118 g/mol. The topological polar surface area (TPSA) is 73.6 Å². The summed E-state index contributed by atoms with van der Waals surface area (Å²) < 4.78 is 5.17. The van der Waals surface area contributed by atoms with E-state index in [2.05, 4.69) is 5.10 Å². The first-order chi connectivity index (χ1) is 4.34. The predicted molar refractivity (Wildman–Crippen MR) is 34.8 cm³/mol. The average molecular weight is 129 g/mol. The Hall–Kier alpha value is -0.770. The molecule has 9 heavy (non-hydrogen) atoms. The lowest BCUT2D eigenvalue weighted by Gasteiger charge is -2.05. The Balaban J connectivity index is 2.42. The van der Waals surface area contributed by atoms with E-state index < -0.39 is 0 Å². The minimum atomic E-state index is -0.0185. The molecule has 1 aliphatic rings. The van der Waals surface area contributed by atoms with E-state index in [0.717, 1.165) is 19.4 Å². The maximum atomic E-state index is 5.38. The van der Waals surface area contributed by atoms with Gasteiger partial charge in [-0.1, -0.05) is 0 Å². The van der Waals surface area contributed by atoms with Gasteiger partial charge in [-0.05, 0) is 12.8 Å². The van der Waals surface area contributed by atoms with Crippen molar-refractivity contribution in [3.63, 3.8) is 0 Å². The van der Waals surface area contributed by atoms with Crippen LogP contribution >= 0.6 is 0 Å². The number of hydrogen-bond acceptors (Lipinski definition) is 3. The molecule has 0 amide bonds. The van der Waals surface area contributed by atoms with E-state index in [9.17, 15) is 0 Å². The molecule has 1 aliphatic heterocycles. The molecule has 52 valence electrons. The van der Waals surface area contributed by atoms with E-state index in [4.69, 9.17) is 16.3 Å². The summed E-state index contributed by atoms with van der Waals surface area (Å²) in [5, 5.41) is 3.34. The van der Waals surface area contributed by atoms with E-state index in [0.29, 0.717) is 5.84 Å². The number of rotatable bonds is 1. The fourth-order valence-corrected chi connectivity index (χ4v) is 0.894. The molecule has 0 aromatic carbocycles. The molecule has 4 heteroatoms. The van der Waals surface area contributed by atoms with Crippen molar-refractivity contribution in [1.29, 1.82) is 0 Å². The Bertz CT molecular complexity index is 117. The highest BCUT2D eigenvalue weighted by Crippen LogP contribution is 2.10. The molecule has 1 heterocycles. The van der Waals surface area contributed by atoms with Crippen molar-refractivity contribution in [1.82, 2.24) is 0 Å². The van der Waals surface area contributed by atoms with Crippen LogP contribution in [0.25, 0.3) is 0 Å². The highest BCUT2D eigenvalue weighted by molar-refractivity contribution is 5.84. The van der Waals surface area contributed by atoms with Gasteiger partial charge in [0.25, 0.3) is 0 Å². The van der Waals surface area contributed by atoms with Gasteiger partial charge in [0.05, 0.1) is 0 Å². The van der Waals surface area contributed by atoms with Crippen LogP contribution in [0.2, 0.25) is 0 Å². The van der Waals surface area contributed by atoms with E-state index in [-0.39, 0.29) is 6.10 Å². The predicted octanol–water partition coefficient (Wildman–Crippen LogP) is -0.604. The van der Waals surface area contributed by atoms with Crippen molar-refractivity contribution < 1.29 is 4.74 Å². The molecule has 0 aliphatic carbocycles. The van der Waals surface area contributed by atoms with Crippen molar-refractivity contribution in [3.05, 3.63) is 0 Å². The number of hydrazone groups is 1. The lowest BCUT2D eigenvalue weighted by molar-refractivity contribution is 0.157. The summed E-state index contributed by atoms with van der Waals surface area (Å²) in [5.41, 5.74) is 5.38. The van der Waals surface area contributed by atoms with Crippen LogP contribution in [-0.4, -0.2) is 18.5 Å². The fourth-order valence-electron chi connectivity index (χ4n) is 0.894. The molecule has 0 saturated carbocycles. The van der Waals surface area contributed by atoms with Crippen LogP contribution < -0.4 is 11.6 Å². The Morgan fingerprint density at radius 3 is 2.89 bits per heavy atom. The number of hydrogen-bond donors (Lipinski definition) is 2. The van der Waals surface area contributed by atoms with Crippen LogP contribution in [0.4, 0.5) is 0 Å². The number of nitrogens with two attached hydrogens (primary N) is 2. The average Bonchev–Trinajstić information content (AvgIpc) is 2.37. The first kappa shape index (κ1) is 6.35. The van der Waals surface area contributed by atoms with Crippen LogP contribution in [0.15, 0.2) is 5.10 Å². The van der Waals surface area contributed by atoms with Gasteiger partial charge in [-0.15, -0.1) is 0 Å². The molecule has 0 aromatic rings. The van der Waals surface area contributed by atoms with Crippen molar-refractivity contribution in [2.75, 3.05) is 6.61 Å². The molecule has 0 radical (unpaired) electrons. The van der Waals surface area contributed by atoms with E-state index in [1.54, 1.807) is 0 Å². The molecule has 0 aromatic heterocycles. The zero-order valence-corrected chi connectivity index (χ0v) is 5.21. The van der Waals surface area contributed by atoms with Gasteiger partial charge < -0.3 is 16.3 Å². The van der Waals surface area contributed by atoms with E-state index in [1.165, 1.54) is 0 Å². The third kappa shape index (κ3) is 1.32. The van der Waals surface area contributed by atoms with Crippen molar-refractivity contribution in [2.45, 2.75) is 18.9 Å².